The molecule has 0 bridgehead atoms. The van der Waals surface area contributed by atoms with Gasteiger partial charge in [-0.2, -0.15) is 0 Å². The highest BCUT2D eigenvalue weighted by atomic mass is 32.2. The van der Waals surface area contributed by atoms with Crippen LogP contribution in [-0.2, 0) is 4.79 Å². The number of hydrogen-bond acceptors (Lipinski definition) is 5. The van der Waals surface area contributed by atoms with Crippen LogP contribution in [0.15, 0.2) is 84.0 Å². The lowest BCUT2D eigenvalue weighted by Gasteiger charge is -2.17. The highest BCUT2D eigenvalue weighted by molar-refractivity contribution is 8.00. The van der Waals surface area contributed by atoms with Crippen LogP contribution in [0, 0.1) is 12.7 Å². The van der Waals surface area contributed by atoms with E-state index in [4.69, 9.17) is 5.73 Å². The van der Waals surface area contributed by atoms with Gasteiger partial charge < -0.3 is 5.73 Å². The van der Waals surface area contributed by atoms with E-state index in [1.165, 1.54) is 6.07 Å². The first-order valence-electron chi connectivity index (χ1n) is 10.0. The van der Waals surface area contributed by atoms with Crippen molar-refractivity contribution in [1.82, 2.24) is 20.1 Å². The summed E-state index contributed by atoms with van der Waals surface area (Å²) in [6.45, 7) is 1.96. The maximum atomic E-state index is 14.6. The van der Waals surface area contributed by atoms with Gasteiger partial charge in [-0.15, -0.1) is 10.2 Å². The van der Waals surface area contributed by atoms with E-state index in [1.54, 1.807) is 47.0 Å². The summed E-state index contributed by atoms with van der Waals surface area (Å²) in [6.07, 6.45) is 0. The normalized spacial score (nSPS) is 11.7. The molecule has 4 rings (SSSR count). The summed E-state index contributed by atoms with van der Waals surface area (Å²) in [4.78, 5) is 24.2. The lowest BCUT2D eigenvalue weighted by atomic mass is 10.1. The lowest BCUT2D eigenvalue weighted by Crippen LogP contribution is -2.37. The van der Waals surface area contributed by atoms with Gasteiger partial charge in [-0.1, -0.05) is 71.9 Å². The van der Waals surface area contributed by atoms with Crippen LogP contribution < -0.4 is 11.1 Å². The number of halogens is 1. The molecule has 1 atom stereocenters. The fraction of sp³-hybridized carbons (Fsp3) is 0.0833. The van der Waals surface area contributed by atoms with Crippen LogP contribution in [0.5, 0.6) is 0 Å². The third kappa shape index (κ3) is 4.93. The molecule has 9 heteroatoms. The standard InChI is InChI=1S/C24H20FN5O2S/c1-15-11-13-17(14-12-15)30-21(18-9-5-6-10-19(18)25)28-29-24(30)33-20(22(31)27-23(26)32)16-7-3-2-4-8-16/h2-14,20H,1H3,(H3,26,27,31,32)/t20-/m0/s1. The quantitative estimate of drug-likeness (QED) is 0.414. The summed E-state index contributed by atoms with van der Waals surface area (Å²) in [5.41, 5.74) is 7.85. The Morgan fingerprint density at radius 2 is 1.64 bits per heavy atom. The molecule has 0 unspecified atom stereocenters. The molecule has 0 aliphatic carbocycles. The van der Waals surface area contributed by atoms with Crippen LogP contribution in [0.4, 0.5) is 9.18 Å². The smallest absolute Gasteiger partial charge is 0.318 e. The summed E-state index contributed by atoms with van der Waals surface area (Å²) in [5, 5.41) is 10.2. The predicted molar refractivity (Wildman–Crippen MR) is 124 cm³/mol. The van der Waals surface area contributed by atoms with Crippen LogP contribution in [0.3, 0.4) is 0 Å². The highest BCUT2D eigenvalue weighted by Gasteiger charge is 2.27. The van der Waals surface area contributed by atoms with Crippen LogP contribution in [0.25, 0.3) is 17.1 Å². The van der Waals surface area contributed by atoms with Crippen molar-refractivity contribution in [3.63, 3.8) is 0 Å². The molecule has 3 N–H and O–H groups in total. The Morgan fingerprint density at radius 3 is 2.30 bits per heavy atom. The SMILES string of the molecule is Cc1ccc(-n2c(S[C@H](C(=O)NC(N)=O)c3ccccc3)nnc2-c2ccccc2F)cc1. The number of rotatable bonds is 6. The average Bonchev–Trinajstić information content (AvgIpc) is 3.21. The summed E-state index contributed by atoms with van der Waals surface area (Å²) >= 11 is 1.09. The van der Waals surface area contributed by atoms with Crippen molar-refractivity contribution in [3.05, 3.63) is 95.8 Å². The van der Waals surface area contributed by atoms with Gasteiger partial charge in [0.15, 0.2) is 11.0 Å². The molecule has 0 radical (unpaired) electrons. The molecule has 4 aromatic rings. The summed E-state index contributed by atoms with van der Waals surface area (Å²) in [5.74, 6) is -0.743. The molecule has 33 heavy (non-hydrogen) atoms. The Labute approximate surface area is 193 Å². The second-order valence-corrected chi connectivity index (χ2v) is 8.29. The largest absolute Gasteiger partial charge is 0.351 e. The van der Waals surface area contributed by atoms with Crippen LogP contribution >= 0.6 is 11.8 Å². The van der Waals surface area contributed by atoms with E-state index in [9.17, 15) is 14.0 Å². The molecule has 1 aromatic heterocycles. The minimum Gasteiger partial charge on any atom is -0.351 e. The van der Waals surface area contributed by atoms with Gasteiger partial charge >= 0.3 is 6.03 Å². The van der Waals surface area contributed by atoms with Crippen molar-refractivity contribution in [2.24, 2.45) is 5.73 Å². The molecule has 0 saturated carbocycles. The van der Waals surface area contributed by atoms with Gasteiger partial charge in [0.05, 0.1) is 5.56 Å². The van der Waals surface area contributed by atoms with E-state index in [0.29, 0.717) is 22.2 Å². The van der Waals surface area contributed by atoms with E-state index in [2.05, 4.69) is 15.5 Å². The number of aryl methyl sites for hydroxylation is 1. The first-order valence-corrected chi connectivity index (χ1v) is 10.9. The third-order valence-electron chi connectivity index (χ3n) is 4.85. The first-order chi connectivity index (χ1) is 15.9. The molecule has 3 amide bonds. The van der Waals surface area contributed by atoms with Gasteiger partial charge in [-0.25, -0.2) is 9.18 Å². The number of nitrogens with two attached hydrogens (primary N) is 1. The number of primary amides is 1. The minimum absolute atomic E-state index is 0.273. The zero-order chi connectivity index (χ0) is 23.4. The summed E-state index contributed by atoms with van der Waals surface area (Å²) in [7, 11) is 0. The van der Waals surface area contributed by atoms with Crippen molar-refractivity contribution in [3.8, 4) is 17.1 Å². The highest BCUT2D eigenvalue weighted by Crippen LogP contribution is 2.38. The van der Waals surface area contributed by atoms with Crippen LogP contribution in [0.2, 0.25) is 0 Å². The first kappa shape index (κ1) is 22.2. The van der Waals surface area contributed by atoms with Crippen LogP contribution in [-0.4, -0.2) is 26.7 Å². The Kier molecular flexibility index (Phi) is 6.50. The monoisotopic (exact) mass is 461 g/mol. The van der Waals surface area contributed by atoms with Gasteiger partial charge in [-0.05, 0) is 36.8 Å². The number of carbonyl (C=O) groups excluding carboxylic acids is 2. The molecule has 166 valence electrons. The Bertz CT molecular complexity index is 1290. The zero-order valence-electron chi connectivity index (χ0n) is 17.6. The minimum atomic E-state index is -0.950. The van der Waals surface area contributed by atoms with Crippen LogP contribution in [0.1, 0.15) is 16.4 Å². The number of benzene rings is 3. The van der Waals surface area contributed by atoms with Gasteiger partial charge in [-0.3, -0.25) is 14.7 Å². The molecule has 0 fully saturated rings. The van der Waals surface area contributed by atoms with E-state index < -0.39 is 23.0 Å². The van der Waals surface area contributed by atoms with E-state index >= 15 is 0 Å². The number of aromatic nitrogens is 3. The molecule has 0 saturated heterocycles. The van der Waals surface area contributed by atoms with Gasteiger partial charge in [0.1, 0.15) is 11.1 Å². The number of thioether (sulfide) groups is 1. The number of hydrogen-bond donors (Lipinski definition) is 2. The second kappa shape index (κ2) is 9.66. The number of imide groups is 1. The molecule has 7 nitrogen and oxygen atoms in total. The molecule has 0 aliphatic heterocycles. The van der Waals surface area contributed by atoms with Crippen molar-refractivity contribution in [2.45, 2.75) is 17.3 Å². The molecule has 1 heterocycles. The molecular formula is C24H20FN5O2S. The maximum Gasteiger partial charge on any atom is 0.318 e. The number of amides is 3. The fourth-order valence-corrected chi connectivity index (χ4v) is 4.34. The lowest BCUT2D eigenvalue weighted by molar-refractivity contribution is -0.119. The van der Waals surface area contributed by atoms with E-state index in [0.717, 1.165) is 17.3 Å². The van der Waals surface area contributed by atoms with Crippen molar-refractivity contribution >= 4 is 23.7 Å². The molecule has 3 aromatic carbocycles. The Balaban J connectivity index is 1.84. The molecule has 0 aliphatic rings. The average molecular weight is 462 g/mol. The fourth-order valence-electron chi connectivity index (χ4n) is 3.28. The number of urea groups is 1. The van der Waals surface area contributed by atoms with Crippen molar-refractivity contribution < 1.29 is 14.0 Å². The Morgan fingerprint density at radius 1 is 0.970 bits per heavy atom. The van der Waals surface area contributed by atoms with E-state index in [-0.39, 0.29) is 5.56 Å². The third-order valence-corrected chi connectivity index (χ3v) is 6.05. The topological polar surface area (TPSA) is 103 Å². The second-order valence-electron chi connectivity index (χ2n) is 7.22. The number of nitrogens with one attached hydrogen (secondary N) is 1. The predicted octanol–water partition coefficient (Wildman–Crippen LogP) is 4.41. The number of nitrogens with zero attached hydrogens (tertiary/aromatic N) is 3. The Hall–Kier alpha value is -3.98. The number of carbonyl (C=O) groups is 2. The molecule has 0 spiro atoms. The van der Waals surface area contributed by atoms with Crippen molar-refractivity contribution in [1.29, 1.82) is 0 Å². The van der Waals surface area contributed by atoms with E-state index in [1.807, 2.05) is 37.3 Å². The zero-order valence-corrected chi connectivity index (χ0v) is 18.4. The van der Waals surface area contributed by atoms with Gasteiger partial charge in [0.25, 0.3) is 0 Å². The van der Waals surface area contributed by atoms with Gasteiger partial charge in [0, 0.05) is 5.69 Å². The molecular weight excluding hydrogens is 441 g/mol. The van der Waals surface area contributed by atoms with Gasteiger partial charge in [0.2, 0.25) is 5.91 Å². The van der Waals surface area contributed by atoms with Crippen molar-refractivity contribution in [2.75, 3.05) is 0 Å². The summed E-state index contributed by atoms with van der Waals surface area (Å²) in [6, 6.07) is 21.8. The maximum absolute atomic E-state index is 14.6. The summed E-state index contributed by atoms with van der Waals surface area (Å²) < 4.78 is 16.3.